The molecule has 1 fully saturated rings. The van der Waals surface area contributed by atoms with Crippen molar-refractivity contribution in [2.24, 2.45) is 5.92 Å². The summed E-state index contributed by atoms with van der Waals surface area (Å²) in [7, 11) is -3.59. The Labute approximate surface area is 160 Å². The van der Waals surface area contributed by atoms with Crippen molar-refractivity contribution in [3.05, 3.63) is 59.7 Å². The topological polar surface area (TPSA) is 66.5 Å². The molecule has 2 aromatic rings. The molecule has 1 aliphatic carbocycles. The van der Waals surface area contributed by atoms with Crippen molar-refractivity contribution in [3.63, 3.8) is 0 Å². The molecule has 1 saturated carbocycles. The summed E-state index contributed by atoms with van der Waals surface area (Å²) in [5.74, 6) is 0.340. The van der Waals surface area contributed by atoms with Gasteiger partial charge in [-0.3, -0.25) is 4.79 Å². The van der Waals surface area contributed by atoms with Gasteiger partial charge in [0.25, 0.3) is 0 Å². The number of aryl methyl sites for hydroxylation is 1. The van der Waals surface area contributed by atoms with Crippen molar-refractivity contribution in [2.75, 3.05) is 11.4 Å². The Balaban J connectivity index is 1.54. The fourth-order valence-electron chi connectivity index (χ4n) is 3.70. The Bertz CT molecular complexity index is 937. The van der Waals surface area contributed by atoms with Gasteiger partial charge in [-0.1, -0.05) is 36.8 Å². The number of nitrogens with zero attached hydrogens (tertiary/aromatic N) is 1. The monoisotopic (exact) mass is 384 g/mol. The Morgan fingerprint density at radius 1 is 1.07 bits per heavy atom. The van der Waals surface area contributed by atoms with Crippen LogP contribution in [-0.4, -0.2) is 20.9 Å². The van der Waals surface area contributed by atoms with Gasteiger partial charge in [0, 0.05) is 24.7 Å². The van der Waals surface area contributed by atoms with Gasteiger partial charge in [-0.05, 0) is 55.0 Å². The minimum absolute atomic E-state index is 0.145. The maximum atomic E-state index is 12.7. The largest absolute Gasteiger partial charge is 0.312 e. The van der Waals surface area contributed by atoms with Crippen LogP contribution < -0.4 is 9.62 Å². The Hall–Kier alpha value is -2.18. The molecule has 142 valence electrons. The third-order valence-corrected chi connectivity index (χ3v) is 6.91. The number of sulfonamides is 1. The molecular formula is C21H24N2O3S. The second-order valence-corrected chi connectivity index (χ2v) is 9.09. The fourth-order valence-corrected chi connectivity index (χ4v) is 4.77. The van der Waals surface area contributed by atoms with Gasteiger partial charge in [-0.2, -0.15) is 0 Å². The molecule has 1 amide bonds. The van der Waals surface area contributed by atoms with E-state index in [4.69, 9.17) is 0 Å². The number of anilines is 1. The van der Waals surface area contributed by atoms with E-state index in [1.807, 2.05) is 35.2 Å². The van der Waals surface area contributed by atoms with Crippen molar-refractivity contribution in [1.29, 1.82) is 0 Å². The second-order valence-electron chi connectivity index (χ2n) is 7.32. The van der Waals surface area contributed by atoms with E-state index in [1.54, 1.807) is 18.2 Å². The van der Waals surface area contributed by atoms with Crippen LogP contribution in [0.3, 0.4) is 0 Å². The predicted octanol–water partition coefficient (Wildman–Crippen LogP) is 3.24. The van der Waals surface area contributed by atoms with Crippen LogP contribution >= 0.6 is 0 Å². The average Bonchev–Trinajstić information content (AvgIpc) is 2.65. The standard InChI is InChI=1S/C21H24N2O3S/c24-21(17-8-4-9-17)23-13-5-10-18-14-19(11-12-20(18)23)27(25,26)22-15-16-6-2-1-3-7-16/h1-3,6-7,11-12,14,17,22H,4-5,8-10,13,15H2. The van der Waals surface area contributed by atoms with Crippen molar-refractivity contribution >= 4 is 21.6 Å². The molecule has 2 aliphatic rings. The van der Waals surface area contributed by atoms with E-state index in [2.05, 4.69) is 4.72 Å². The van der Waals surface area contributed by atoms with Crippen LogP contribution in [0.1, 0.15) is 36.8 Å². The highest BCUT2D eigenvalue weighted by atomic mass is 32.2. The van der Waals surface area contributed by atoms with Gasteiger partial charge in [0.1, 0.15) is 0 Å². The maximum absolute atomic E-state index is 12.7. The lowest BCUT2D eigenvalue weighted by Crippen LogP contribution is -2.41. The quantitative estimate of drug-likeness (QED) is 0.861. The summed E-state index contributed by atoms with van der Waals surface area (Å²) in [6, 6.07) is 14.6. The molecule has 0 radical (unpaired) electrons. The van der Waals surface area contributed by atoms with Crippen molar-refractivity contribution in [2.45, 2.75) is 43.5 Å². The Kier molecular flexibility index (Phi) is 5.02. The van der Waals surface area contributed by atoms with Gasteiger partial charge in [-0.25, -0.2) is 13.1 Å². The molecule has 0 atom stereocenters. The molecule has 6 heteroatoms. The zero-order valence-corrected chi connectivity index (χ0v) is 16.0. The minimum atomic E-state index is -3.59. The minimum Gasteiger partial charge on any atom is -0.312 e. The molecule has 2 aromatic carbocycles. The summed E-state index contributed by atoms with van der Waals surface area (Å²) < 4.78 is 28.0. The third kappa shape index (κ3) is 3.77. The van der Waals surface area contributed by atoms with Gasteiger partial charge in [-0.15, -0.1) is 0 Å². The summed E-state index contributed by atoms with van der Waals surface area (Å²) in [5, 5.41) is 0. The molecule has 5 nitrogen and oxygen atoms in total. The first-order valence-electron chi connectivity index (χ1n) is 9.52. The zero-order chi connectivity index (χ0) is 18.9. The fraction of sp³-hybridized carbons (Fsp3) is 0.381. The summed E-state index contributed by atoms with van der Waals surface area (Å²) in [5.41, 5.74) is 2.73. The molecule has 1 N–H and O–H groups in total. The molecule has 1 aliphatic heterocycles. The number of nitrogens with one attached hydrogen (secondary N) is 1. The summed E-state index contributed by atoms with van der Waals surface area (Å²) >= 11 is 0. The van der Waals surface area contributed by atoms with Gasteiger partial charge in [0.05, 0.1) is 4.90 Å². The van der Waals surface area contributed by atoms with E-state index >= 15 is 0 Å². The molecule has 0 unspecified atom stereocenters. The number of benzene rings is 2. The first-order chi connectivity index (χ1) is 13.0. The average molecular weight is 385 g/mol. The van der Waals surface area contributed by atoms with E-state index < -0.39 is 10.0 Å². The number of carbonyl (C=O) groups excluding carboxylic acids is 1. The normalized spacial score (nSPS) is 17.3. The number of hydrogen-bond donors (Lipinski definition) is 1. The van der Waals surface area contributed by atoms with Crippen LogP contribution in [0.4, 0.5) is 5.69 Å². The van der Waals surface area contributed by atoms with E-state index in [1.165, 1.54) is 0 Å². The number of rotatable bonds is 5. The first kappa shape index (κ1) is 18.2. The number of hydrogen-bond acceptors (Lipinski definition) is 3. The summed E-state index contributed by atoms with van der Waals surface area (Å²) in [6.45, 7) is 0.979. The molecule has 0 bridgehead atoms. The molecule has 27 heavy (non-hydrogen) atoms. The van der Waals surface area contributed by atoms with Crippen molar-refractivity contribution in [3.8, 4) is 0 Å². The van der Waals surface area contributed by atoms with E-state index in [-0.39, 0.29) is 23.3 Å². The highest BCUT2D eigenvalue weighted by Gasteiger charge is 2.32. The van der Waals surface area contributed by atoms with E-state index in [0.29, 0.717) is 0 Å². The molecular weight excluding hydrogens is 360 g/mol. The van der Waals surface area contributed by atoms with Gasteiger partial charge in [0.15, 0.2) is 0 Å². The van der Waals surface area contributed by atoms with Gasteiger partial charge < -0.3 is 4.90 Å². The SMILES string of the molecule is O=C(C1CCC1)N1CCCc2cc(S(=O)(=O)NCc3ccccc3)ccc21. The Morgan fingerprint density at radius 2 is 1.85 bits per heavy atom. The van der Waals surface area contributed by atoms with Crippen LogP contribution in [0.25, 0.3) is 0 Å². The number of fused-ring (bicyclic) bond motifs is 1. The van der Waals surface area contributed by atoms with E-state index in [0.717, 1.165) is 55.5 Å². The molecule has 0 spiro atoms. The number of carbonyl (C=O) groups is 1. The Morgan fingerprint density at radius 3 is 2.56 bits per heavy atom. The third-order valence-electron chi connectivity index (χ3n) is 5.51. The van der Waals surface area contributed by atoms with Crippen LogP contribution in [-0.2, 0) is 27.8 Å². The highest BCUT2D eigenvalue weighted by molar-refractivity contribution is 7.89. The summed E-state index contributed by atoms with van der Waals surface area (Å²) in [6.07, 6.45) is 4.74. The molecule has 1 heterocycles. The smallest absolute Gasteiger partial charge is 0.240 e. The maximum Gasteiger partial charge on any atom is 0.240 e. The van der Waals surface area contributed by atoms with Gasteiger partial charge in [0.2, 0.25) is 15.9 Å². The summed E-state index contributed by atoms with van der Waals surface area (Å²) in [4.78, 5) is 14.8. The van der Waals surface area contributed by atoms with Crippen LogP contribution in [0.5, 0.6) is 0 Å². The predicted molar refractivity (Wildman–Crippen MR) is 105 cm³/mol. The van der Waals surface area contributed by atoms with Gasteiger partial charge >= 0.3 is 0 Å². The molecule has 0 aromatic heterocycles. The lowest BCUT2D eigenvalue weighted by molar-refractivity contribution is -0.124. The van der Waals surface area contributed by atoms with Crippen molar-refractivity contribution < 1.29 is 13.2 Å². The lowest BCUT2D eigenvalue weighted by Gasteiger charge is -2.35. The van der Waals surface area contributed by atoms with Crippen LogP contribution in [0.2, 0.25) is 0 Å². The van der Waals surface area contributed by atoms with Crippen LogP contribution in [0.15, 0.2) is 53.4 Å². The highest BCUT2D eigenvalue weighted by Crippen LogP contribution is 2.34. The lowest BCUT2D eigenvalue weighted by atomic mass is 9.83. The van der Waals surface area contributed by atoms with E-state index in [9.17, 15) is 13.2 Å². The first-order valence-corrected chi connectivity index (χ1v) is 11.0. The second kappa shape index (κ2) is 7.44. The molecule has 4 rings (SSSR count). The van der Waals surface area contributed by atoms with Crippen LogP contribution in [0, 0.1) is 5.92 Å². The molecule has 0 saturated heterocycles. The number of amides is 1. The van der Waals surface area contributed by atoms with Crippen molar-refractivity contribution in [1.82, 2.24) is 4.72 Å². The zero-order valence-electron chi connectivity index (χ0n) is 15.2.